The smallest absolute Gasteiger partial charge is 0.266 e. The Labute approximate surface area is 165 Å². The molecule has 3 rings (SSSR count). The van der Waals surface area contributed by atoms with Crippen LogP contribution in [0.3, 0.4) is 0 Å². The Hall–Kier alpha value is -3.06. The molecule has 0 amide bonds. The number of hydrogen-bond acceptors (Lipinski definition) is 5. The molecular formula is C21H23N3O3S. The molecule has 1 aromatic heterocycles. The summed E-state index contributed by atoms with van der Waals surface area (Å²) < 4.78 is 33.2. The second-order valence-corrected chi connectivity index (χ2v) is 8.34. The molecule has 0 radical (unpaired) electrons. The molecule has 0 fully saturated rings. The zero-order valence-electron chi connectivity index (χ0n) is 16.3. The summed E-state index contributed by atoms with van der Waals surface area (Å²) in [6.07, 6.45) is 1.59. The summed E-state index contributed by atoms with van der Waals surface area (Å²) in [4.78, 5) is 4.29. The van der Waals surface area contributed by atoms with Gasteiger partial charge in [0, 0.05) is 5.69 Å². The number of nitrogens with one attached hydrogen (secondary N) is 2. The lowest BCUT2D eigenvalue weighted by Gasteiger charge is -2.12. The number of pyridine rings is 1. The number of aromatic nitrogens is 1. The van der Waals surface area contributed by atoms with Gasteiger partial charge < -0.3 is 10.1 Å². The van der Waals surface area contributed by atoms with E-state index in [1.165, 1.54) is 7.11 Å². The van der Waals surface area contributed by atoms with E-state index in [4.69, 9.17) is 4.74 Å². The molecule has 7 heteroatoms. The number of ether oxygens (including phenoxy) is 1. The predicted molar refractivity (Wildman–Crippen MR) is 112 cm³/mol. The molecule has 0 aliphatic carbocycles. The highest BCUT2D eigenvalue weighted by Crippen LogP contribution is 2.27. The number of methoxy groups -OCH3 is 1. The van der Waals surface area contributed by atoms with Crippen molar-refractivity contribution in [1.82, 2.24) is 4.98 Å². The molecule has 0 aliphatic heterocycles. The van der Waals surface area contributed by atoms with Gasteiger partial charge in [-0.3, -0.25) is 4.72 Å². The largest absolute Gasteiger partial charge is 0.495 e. The number of rotatable bonds is 6. The molecule has 0 spiro atoms. The molecule has 3 aromatic rings. The van der Waals surface area contributed by atoms with Crippen LogP contribution in [-0.4, -0.2) is 20.5 Å². The van der Waals surface area contributed by atoms with E-state index in [1.54, 1.807) is 36.5 Å². The lowest BCUT2D eigenvalue weighted by atomic mass is 10.1. The van der Waals surface area contributed by atoms with Crippen LogP contribution in [0, 0.1) is 20.8 Å². The Balaban J connectivity index is 1.79. The lowest BCUT2D eigenvalue weighted by Crippen LogP contribution is -2.15. The number of sulfonamides is 1. The Bertz CT molecular complexity index is 1070. The average molecular weight is 398 g/mol. The predicted octanol–water partition coefficient (Wildman–Crippen LogP) is 4.56. The molecule has 0 unspecified atom stereocenters. The lowest BCUT2D eigenvalue weighted by molar-refractivity contribution is 0.402. The number of hydrogen-bond donors (Lipinski definition) is 2. The molecule has 146 valence electrons. The molecule has 0 atom stereocenters. The number of aryl methyl sites for hydroxylation is 3. The summed E-state index contributed by atoms with van der Waals surface area (Å²) in [6, 6.07) is 14.6. The maximum atomic E-state index is 12.7. The first kappa shape index (κ1) is 19.7. The molecule has 0 saturated carbocycles. The molecule has 2 N–H and O–H groups in total. The van der Waals surface area contributed by atoms with Gasteiger partial charge in [0.2, 0.25) is 0 Å². The van der Waals surface area contributed by atoms with Crippen molar-refractivity contribution in [3.05, 3.63) is 71.4 Å². The van der Waals surface area contributed by atoms with E-state index in [1.807, 2.05) is 32.9 Å². The highest BCUT2D eigenvalue weighted by atomic mass is 32.2. The second-order valence-electron chi connectivity index (χ2n) is 6.69. The summed E-state index contributed by atoms with van der Waals surface area (Å²) in [5.74, 6) is 0.515. The van der Waals surface area contributed by atoms with Crippen molar-refractivity contribution < 1.29 is 13.2 Å². The topological polar surface area (TPSA) is 80.3 Å². The average Bonchev–Trinajstić information content (AvgIpc) is 2.62. The Morgan fingerprint density at radius 2 is 1.57 bits per heavy atom. The quantitative estimate of drug-likeness (QED) is 0.637. The first-order valence-electron chi connectivity index (χ1n) is 8.76. The third-order valence-corrected chi connectivity index (χ3v) is 5.50. The van der Waals surface area contributed by atoms with Crippen LogP contribution in [0.25, 0.3) is 0 Å². The first-order chi connectivity index (χ1) is 13.3. The van der Waals surface area contributed by atoms with Gasteiger partial charge in [-0.05, 0) is 73.9 Å². The van der Waals surface area contributed by atoms with Crippen molar-refractivity contribution in [2.45, 2.75) is 25.7 Å². The summed E-state index contributed by atoms with van der Waals surface area (Å²) in [7, 11) is -2.38. The van der Waals surface area contributed by atoms with Crippen LogP contribution in [0.15, 0.2) is 59.6 Å². The minimum absolute atomic E-state index is 0.0780. The summed E-state index contributed by atoms with van der Waals surface area (Å²) in [5, 5.41) is 3.27. The van der Waals surface area contributed by atoms with E-state index in [0.29, 0.717) is 0 Å². The van der Waals surface area contributed by atoms with Crippen molar-refractivity contribution in [3.63, 3.8) is 0 Å². The summed E-state index contributed by atoms with van der Waals surface area (Å²) in [6.45, 7) is 5.89. The van der Waals surface area contributed by atoms with E-state index >= 15 is 0 Å². The van der Waals surface area contributed by atoms with Crippen LogP contribution in [0.2, 0.25) is 0 Å². The van der Waals surface area contributed by atoms with Crippen molar-refractivity contribution in [3.8, 4) is 5.75 Å². The Kier molecular flexibility index (Phi) is 5.56. The summed E-state index contributed by atoms with van der Waals surface area (Å²) in [5.41, 5.74) is 4.86. The fourth-order valence-corrected chi connectivity index (χ4v) is 4.19. The maximum Gasteiger partial charge on any atom is 0.266 e. The van der Waals surface area contributed by atoms with Gasteiger partial charge in [-0.2, -0.15) is 0 Å². The van der Waals surface area contributed by atoms with Gasteiger partial charge in [-0.15, -0.1) is 0 Å². The van der Waals surface area contributed by atoms with Crippen LogP contribution in [0.5, 0.6) is 5.75 Å². The molecule has 1 heterocycles. The van der Waals surface area contributed by atoms with Crippen molar-refractivity contribution in [2.75, 3.05) is 17.1 Å². The minimum Gasteiger partial charge on any atom is -0.495 e. The summed E-state index contributed by atoms with van der Waals surface area (Å²) >= 11 is 0. The Morgan fingerprint density at radius 3 is 2.18 bits per heavy atom. The van der Waals surface area contributed by atoms with Crippen molar-refractivity contribution in [1.29, 1.82) is 0 Å². The normalized spacial score (nSPS) is 11.1. The first-order valence-corrected chi connectivity index (χ1v) is 10.2. The standard InChI is InChI=1S/C21H23N3O3S/c1-14-5-7-19(27-4)20(12-14)28(25,26)24-21-8-6-17(13-22-21)23-18-10-15(2)9-16(3)11-18/h5-13,23H,1-4H3,(H,22,24). The van der Waals surface area contributed by atoms with Crippen LogP contribution in [-0.2, 0) is 10.0 Å². The van der Waals surface area contributed by atoms with Gasteiger partial charge in [-0.25, -0.2) is 13.4 Å². The molecule has 28 heavy (non-hydrogen) atoms. The van der Waals surface area contributed by atoms with E-state index < -0.39 is 10.0 Å². The van der Waals surface area contributed by atoms with Crippen molar-refractivity contribution in [2.24, 2.45) is 0 Å². The molecule has 0 saturated heterocycles. The number of anilines is 3. The minimum atomic E-state index is -3.82. The zero-order chi connectivity index (χ0) is 20.3. The van der Waals surface area contributed by atoms with Gasteiger partial charge in [0.05, 0.1) is 19.0 Å². The molecular weight excluding hydrogens is 374 g/mol. The van der Waals surface area contributed by atoms with E-state index in [-0.39, 0.29) is 16.5 Å². The second kappa shape index (κ2) is 7.90. The van der Waals surface area contributed by atoms with Crippen LogP contribution in [0.1, 0.15) is 16.7 Å². The van der Waals surface area contributed by atoms with Gasteiger partial charge in [0.15, 0.2) is 0 Å². The van der Waals surface area contributed by atoms with Gasteiger partial charge in [0.1, 0.15) is 16.5 Å². The fourth-order valence-electron chi connectivity index (χ4n) is 2.93. The van der Waals surface area contributed by atoms with Crippen LogP contribution < -0.4 is 14.8 Å². The van der Waals surface area contributed by atoms with Gasteiger partial charge >= 0.3 is 0 Å². The van der Waals surface area contributed by atoms with E-state index in [0.717, 1.165) is 28.1 Å². The van der Waals surface area contributed by atoms with E-state index in [9.17, 15) is 8.42 Å². The number of benzene rings is 2. The Morgan fingerprint density at radius 1 is 0.857 bits per heavy atom. The molecule has 0 bridgehead atoms. The van der Waals surface area contributed by atoms with Gasteiger partial charge in [0.25, 0.3) is 10.0 Å². The SMILES string of the molecule is COc1ccc(C)cc1S(=O)(=O)Nc1ccc(Nc2cc(C)cc(C)c2)cn1. The number of nitrogens with zero attached hydrogens (tertiary/aromatic N) is 1. The van der Waals surface area contributed by atoms with Crippen molar-refractivity contribution >= 4 is 27.2 Å². The van der Waals surface area contributed by atoms with Gasteiger partial charge in [-0.1, -0.05) is 12.1 Å². The monoisotopic (exact) mass is 397 g/mol. The third kappa shape index (κ3) is 4.61. The van der Waals surface area contributed by atoms with Crippen LogP contribution >= 0.6 is 0 Å². The van der Waals surface area contributed by atoms with Crippen LogP contribution in [0.4, 0.5) is 17.2 Å². The zero-order valence-corrected chi connectivity index (χ0v) is 17.1. The molecule has 0 aliphatic rings. The molecule has 6 nitrogen and oxygen atoms in total. The third-order valence-electron chi connectivity index (χ3n) is 4.12. The maximum absolute atomic E-state index is 12.7. The highest BCUT2D eigenvalue weighted by molar-refractivity contribution is 7.92. The fraction of sp³-hybridized carbons (Fsp3) is 0.190. The highest BCUT2D eigenvalue weighted by Gasteiger charge is 2.20. The molecule has 2 aromatic carbocycles. The van der Waals surface area contributed by atoms with E-state index in [2.05, 4.69) is 21.1 Å².